The lowest BCUT2D eigenvalue weighted by Gasteiger charge is -2.44. The molecule has 178 valence electrons. The van der Waals surface area contributed by atoms with E-state index in [2.05, 4.69) is 4.84 Å². The van der Waals surface area contributed by atoms with Gasteiger partial charge in [-0.1, -0.05) is 6.07 Å². The minimum absolute atomic E-state index is 0.00820. The highest BCUT2D eigenvalue weighted by molar-refractivity contribution is 7.89. The summed E-state index contributed by atoms with van der Waals surface area (Å²) >= 11 is 0. The molecule has 1 aromatic heterocycles. The minimum atomic E-state index is -3.90. The molecule has 1 saturated heterocycles. The summed E-state index contributed by atoms with van der Waals surface area (Å²) in [5.41, 5.74) is 4.25. The molecule has 33 heavy (non-hydrogen) atoms. The first kappa shape index (κ1) is 23.1. The first-order valence-electron chi connectivity index (χ1n) is 10.3. The zero-order valence-electron chi connectivity index (χ0n) is 18.1. The molecule has 4 rings (SSSR count). The van der Waals surface area contributed by atoms with Gasteiger partial charge in [0.05, 0.1) is 12.0 Å². The first-order valence-corrected chi connectivity index (χ1v) is 11.8. The zero-order valence-corrected chi connectivity index (χ0v) is 18.9. The van der Waals surface area contributed by atoms with Crippen LogP contribution < -0.4 is 11.3 Å². The Morgan fingerprint density at radius 2 is 2.03 bits per heavy atom. The van der Waals surface area contributed by atoms with Gasteiger partial charge < -0.3 is 15.3 Å². The molecular weight excluding hydrogens is 456 g/mol. The number of pyridine rings is 1. The van der Waals surface area contributed by atoms with Crippen LogP contribution in [0.5, 0.6) is 0 Å². The Bertz CT molecular complexity index is 1300. The lowest BCUT2D eigenvalue weighted by molar-refractivity contribution is -0.772. The Balaban J connectivity index is 1.85. The van der Waals surface area contributed by atoms with E-state index in [0.717, 1.165) is 7.11 Å². The number of carbonyl (C=O) groups excluding carboxylic acids is 1. The predicted octanol–water partition coefficient (Wildman–Crippen LogP) is 0.271. The van der Waals surface area contributed by atoms with Crippen molar-refractivity contribution in [1.82, 2.24) is 8.87 Å². The molecule has 2 aliphatic rings. The van der Waals surface area contributed by atoms with E-state index >= 15 is 0 Å². The summed E-state index contributed by atoms with van der Waals surface area (Å²) in [6.07, 6.45) is 0.821. The van der Waals surface area contributed by atoms with Crippen molar-refractivity contribution in [1.29, 1.82) is 0 Å². The fourth-order valence-electron chi connectivity index (χ4n) is 4.75. The molecule has 0 unspecified atom stereocenters. The predicted molar refractivity (Wildman–Crippen MR) is 115 cm³/mol. The second-order valence-electron chi connectivity index (χ2n) is 8.46. The first-order chi connectivity index (χ1) is 15.5. The third kappa shape index (κ3) is 3.65. The summed E-state index contributed by atoms with van der Waals surface area (Å²) in [6, 6.07) is 4.16. The number of sulfonamides is 1. The molecule has 2 fully saturated rings. The molecule has 1 aliphatic heterocycles. The number of nitrogens with zero attached hydrogens (tertiary/aromatic N) is 3. The van der Waals surface area contributed by atoms with Crippen molar-refractivity contribution in [3.63, 3.8) is 0 Å². The molecule has 1 atom stereocenters. The van der Waals surface area contributed by atoms with Gasteiger partial charge >= 0.3 is 5.97 Å². The van der Waals surface area contributed by atoms with Crippen LogP contribution in [-0.4, -0.2) is 60.7 Å². The van der Waals surface area contributed by atoms with E-state index in [1.54, 1.807) is 6.92 Å². The van der Waals surface area contributed by atoms with Crippen molar-refractivity contribution < 1.29 is 27.9 Å². The molecule has 1 aliphatic carbocycles. The standard InChI is InChI=1S/C20H24N4O8S/c1-12-10-23(20(19(26)31-2)8-14(9-20)32-24(27)28)18(25)15-4-3-5-16(17(12)15)33(29,30)22-7-6-13(21)11-22/h3-5,10,13-14H,6-9,11,21H2,1-2H3/t13-,14?,20?/m0/s1. The lowest BCUT2D eigenvalue weighted by Crippen LogP contribution is -2.59. The molecule has 0 amide bonds. The number of benzene rings is 1. The average Bonchev–Trinajstić information content (AvgIpc) is 3.19. The van der Waals surface area contributed by atoms with Crippen LogP contribution >= 0.6 is 0 Å². The highest BCUT2D eigenvalue weighted by atomic mass is 32.2. The Morgan fingerprint density at radius 1 is 1.33 bits per heavy atom. The van der Waals surface area contributed by atoms with Crippen LogP contribution in [0.1, 0.15) is 24.8 Å². The van der Waals surface area contributed by atoms with Crippen LogP contribution in [0.2, 0.25) is 0 Å². The molecule has 1 aromatic carbocycles. The van der Waals surface area contributed by atoms with E-state index in [4.69, 9.17) is 10.5 Å². The molecular formula is C20H24N4O8S. The van der Waals surface area contributed by atoms with Gasteiger partial charge in [-0.25, -0.2) is 13.2 Å². The molecule has 2 aromatic rings. The number of fused-ring (bicyclic) bond motifs is 1. The van der Waals surface area contributed by atoms with Crippen molar-refractivity contribution in [2.75, 3.05) is 20.2 Å². The van der Waals surface area contributed by atoms with Gasteiger partial charge in [0.2, 0.25) is 10.0 Å². The third-order valence-electron chi connectivity index (χ3n) is 6.39. The lowest BCUT2D eigenvalue weighted by atomic mass is 9.73. The summed E-state index contributed by atoms with van der Waals surface area (Å²) in [6.45, 7) is 2.12. The van der Waals surface area contributed by atoms with E-state index in [-0.39, 0.29) is 41.1 Å². The molecule has 0 bridgehead atoms. The van der Waals surface area contributed by atoms with Gasteiger partial charge in [-0.15, -0.1) is 10.1 Å². The molecule has 2 heterocycles. The van der Waals surface area contributed by atoms with E-state index in [9.17, 15) is 28.1 Å². The highest BCUT2D eigenvalue weighted by Gasteiger charge is 2.55. The number of carbonyl (C=O) groups is 1. The van der Waals surface area contributed by atoms with Gasteiger partial charge in [-0.05, 0) is 31.0 Å². The zero-order chi connectivity index (χ0) is 24.1. The summed E-state index contributed by atoms with van der Waals surface area (Å²) in [5.74, 6) is -0.735. The Labute approximate surface area is 189 Å². The highest BCUT2D eigenvalue weighted by Crippen LogP contribution is 2.42. The van der Waals surface area contributed by atoms with Crippen molar-refractivity contribution >= 4 is 26.8 Å². The Kier molecular flexibility index (Phi) is 5.66. The number of esters is 1. The molecule has 0 spiro atoms. The molecule has 1 saturated carbocycles. The van der Waals surface area contributed by atoms with Crippen molar-refractivity contribution in [3.8, 4) is 0 Å². The van der Waals surface area contributed by atoms with Gasteiger partial charge in [0.1, 0.15) is 11.6 Å². The quantitative estimate of drug-likeness (QED) is 0.347. The third-order valence-corrected chi connectivity index (χ3v) is 8.30. The number of aromatic nitrogens is 1. The molecule has 2 N–H and O–H groups in total. The van der Waals surface area contributed by atoms with E-state index in [1.165, 1.54) is 33.3 Å². The normalized spacial score (nSPS) is 25.5. The SMILES string of the molecule is COC(=O)C1(n2cc(C)c3c(S(=O)(=O)N4CC[C@H](N)C4)cccc3c2=O)CC(O[N+](=O)[O-])C1. The smallest absolute Gasteiger partial charge is 0.332 e. The molecule has 12 nitrogen and oxygen atoms in total. The second kappa shape index (κ2) is 8.08. The summed E-state index contributed by atoms with van der Waals surface area (Å²) < 4.78 is 34.0. The monoisotopic (exact) mass is 480 g/mol. The van der Waals surface area contributed by atoms with Crippen LogP contribution in [0.15, 0.2) is 34.1 Å². The van der Waals surface area contributed by atoms with Crippen LogP contribution in [0, 0.1) is 17.0 Å². The number of rotatable bonds is 6. The van der Waals surface area contributed by atoms with Crippen LogP contribution in [0.4, 0.5) is 0 Å². The maximum atomic E-state index is 13.5. The summed E-state index contributed by atoms with van der Waals surface area (Å²) in [4.78, 5) is 41.3. The van der Waals surface area contributed by atoms with E-state index < -0.39 is 38.3 Å². The Hall–Kier alpha value is -3.03. The number of aryl methyl sites for hydroxylation is 1. The fourth-order valence-corrected chi connectivity index (χ4v) is 6.54. The molecule has 13 heteroatoms. The summed E-state index contributed by atoms with van der Waals surface area (Å²) in [5, 5.41) is 10.1. The molecule has 0 radical (unpaired) electrons. The van der Waals surface area contributed by atoms with Crippen molar-refractivity contribution in [2.24, 2.45) is 5.73 Å². The van der Waals surface area contributed by atoms with E-state index in [1.807, 2.05) is 0 Å². The Morgan fingerprint density at radius 3 is 2.61 bits per heavy atom. The maximum absolute atomic E-state index is 13.5. The van der Waals surface area contributed by atoms with Gasteiger partial charge in [0, 0.05) is 48.9 Å². The van der Waals surface area contributed by atoms with Gasteiger partial charge in [-0.3, -0.25) is 9.36 Å². The van der Waals surface area contributed by atoms with Crippen molar-refractivity contribution in [3.05, 3.63) is 50.4 Å². The average molecular weight is 480 g/mol. The van der Waals surface area contributed by atoms with Crippen LogP contribution in [0.3, 0.4) is 0 Å². The fraction of sp³-hybridized carbons (Fsp3) is 0.500. The van der Waals surface area contributed by atoms with Crippen LogP contribution in [-0.2, 0) is 29.9 Å². The van der Waals surface area contributed by atoms with Gasteiger partial charge in [-0.2, -0.15) is 4.31 Å². The number of hydrogen-bond acceptors (Lipinski definition) is 9. The van der Waals surface area contributed by atoms with Gasteiger partial charge in [0.15, 0.2) is 0 Å². The second-order valence-corrected chi connectivity index (χ2v) is 10.4. The van der Waals surface area contributed by atoms with Gasteiger partial charge in [0.25, 0.3) is 10.6 Å². The number of hydrogen-bond donors (Lipinski definition) is 1. The van der Waals surface area contributed by atoms with Crippen LogP contribution in [0.25, 0.3) is 10.8 Å². The maximum Gasteiger partial charge on any atom is 0.332 e. The van der Waals surface area contributed by atoms with Crippen molar-refractivity contribution in [2.45, 2.75) is 48.8 Å². The van der Waals surface area contributed by atoms with E-state index in [0.29, 0.717) is 18.5 Å². The minimum Gasteiger partial charge on any atom is -0.467 e. The number of nitrogens with two attached hydrogens (primary N) is 1. The topological polar surface area (TPSA) is 164 Å². The number of methoxy groups -OCH3 is 1. The summed E-state index contributed by atoms with van der Waals surface area (Å²) in [7, 11) is -2.74. The number of ether oxygens (including phenoxy) is 1. The largest absolute Gasteiger partial charge is 0.467 e.